The van der Waals surface area contributed by atoms with E-state index in [1.807, 2.05) is 0 Å². The molecule has 0 bridgehead atoms. The van der Waals surface area contributed by atoms with Gasteiger partial charge in [-0.25, -0.2) is 13.2 Å². The third kappa shape index (κ3) is 4.86. The number of aromatic carboxylic acids is 1. The fourth-order valence-electron chi connectivity index (χ4n) is 3.76. The number of carboxylic acids is 1. The molecule has 6 nitrogen and oxygen atoms in total. The molecule has 0 fully saturated rings. The molecule has 182 valence electrons. The van der Waals surface area contributed by atoms with E-state index < -0.39 is 42.9 Å². The first-order valence-corrected chi connectivity index (χ1v) is 11.9. The van der Waals surface area contributed by atoms with Crippen molar-refractivity contribution in [2.45, 2.75) is 37.8 Å². The third-order valence-corrected chi connectivity index (χ3v) is 7.17. The number of sulfone groups is 1. The van der Waals surface area contributed by atoms with Crippen LogP contribution < -0.4 is 0 Å². The molecule has 0 amide bonds. The summed E-state index contributed by atoms with van der Waals surface area (Å²) in [5, 5.41) is 19.0. The largest absolute Gasteiger partial charge is 0.478 e. The maximum Gasteiger partial charge on any atom is 0.418 e. The zero-order valence-corrected chi connectivity index (χ0v) is 19.8. The van der Waals surface area contributed by atoms with E-state index in [9.17, 15) is 36.8 Å². The van der Waals surface area contributed by atoms with Gasteiger partial charge in [-0.2, -0.15) is 18.4 Å². The van der Waals surface area contributed by atoms with Crippen LogP contribution >= 0.6 is 0 Å². The number of carbonyl (C=O) groups is 1. The molecule has 0 aliphatic heterocycles. The SMILES string of the molecule is Cc1c(/C=C(\C#N)S(=O)(=O)c2ccccc2C(=O)O)cc(C(C)C)n1-c1ccccc1C(F)(F)F. The summed E-state index contributed by atoms with van der Waals surface area (Å²) in [7, 11) is -4.53. The van der Waals surface area contributed by atoms with Gasteiger partial charge in [0.05, 0.1) is 21.7 Å². The Bertz CT molecular complexity index is 1480. The second-order valence-electron chi connectivity index (χ2n) is 8.04. The molecule has 0 saturated heterocycles. The summed E-state index contributed by atoms with van der Waals surface area (Å²) in [6, 6.07) is 13.1. The van der Waals surface area contributed by atoms with Crippen LogP contribution in [0.3, 0.4) is 0 Å². The number of benzene rings is 2. The summed E-state index contributed by atoms with van der Waals surface area (Å²) in [5.74, 6) is -1.72. The maximum atomic E-state index is 13.7. The molecule has 0 spiro atoms. The molecule has 0 aliphatic rings. The van der Waals surface area contributed by atoms with Crippen LogP contribution in [0.1, 0.15) is 52.6 Å². The van der Waals surface area contributed by atoms with Gasteiger partial charge in [0.2, 0.25) is 9.84 Å². The van der Waals surface area contributed by atoms with Gasteiger partial charge in [-0.15, -0.1) is 0 Å². The lowest BCUT2D eigenvalue weighted by atomic mass is 10.1. The highest BCUT2D eigenvalue weighted by Gasteiger charge is 2.35. The van der Waals surface area contributed by atoms with E-state index in [1.54, 1.807) is 19.9 Å². The topological polar surface area (TPSA) is 100 Å². The number of alkyl halides is 3. The summed E-state index contributed by atoms with van der Waals surface area (Å²) in [5.41, 5.74) is -0.493. The Hall–Kier alpha value is -3.84. The number of allylic oxidation sites excluding steroid dienone is 1. The fourth-order valence-corrected chi connectivity index (χ4v) is 5.10. The third-order valence-electron chi connectivity index (χ3n) is 5.45. The Kier molecular flexibility index (Phi) is 6.94. The summed E-state index contributed by atoms with van der Waals surface area (Å²) < 4.78 is 68.9. The van der Waals surface area contributed by atoms with Crippen molar-refractivity contribution in [3.63, 3.8) is 0 Å². The minimum atomic E-state index is -4.63. The number of rotatable bonds is 6. The Labute approximate surface area is 200 Å². The standard InChI is InChI=1S/C25H21F3N2O4S/c1-15(2)22-13-17(16(3)30(22)21-10-6-5-9-20(21)25(26,27)28)12-18(14-29)35(33,34)23-11-7-4-8-19(23)24(31)32/h4-13,15H,1-3H3,(H,31,32)/b18-12+. The maximum absolute atomic E-state index is 13.7. The number of hydrogen-bond acceptors (Lipinski definition) is 4. The second-order valence-corrected chi connectivity index (χ2v) is 9.93. The van der Waals surface area contributed by atoms with E-state index in [0.29, 0.717) is 11.4 Å². The smallest absolute Gasteiger partial charge is 0.418 e. The number of carboxylic acid groups (broad SMARTS) is 1. The van der Waals surface area contributed by atoms with E-state index in [2.05, 4.69) is 0 Å². The molecule has 35 heavy (non-hydrogen) atoms. The van der Waals surface area contributed by atoms with Gasteiger partial charge in [0, 0.05) is 11.4 Å². The molecule has 10 heteroatoms. The van der Waals surface area contributed by atoms with Crippen LogP contribution in [-0.2, 0) is 16.0 Å². The minimum absolute atomic E-state index is 0.126. The van der Waals surface area contributed by atoms with Gasteiger partial charge in [-0.05, 0) is 54.8 Å². The lowest BCUT2D eigenvalue weighted by Gasteiger charge is -2.19. The van der Waals surface area contributed by atoms with Crippen molar-refractivity contribution in [1.82, 2.24) is 4.57 Å². The van der Waals surface area contributed by atoms with Gasteiger partial charge in [-0.1, -0.05) is 38.1 Å². The molecule has 0 aliphatic carbocycles. The zero-order chi connectivity index (χ0) is 26.1. The minimum Gasteiger partial charge on any atom is -0.478 e. The highest BCUT2D eigenvalue weighted by molar-refractivity contribution is 7.95. The van der Waals surface area contributed by atoms with Gasteiger partial charge in [0.25, 0.3) is 0 Å². The average Bonchev–Trinajstić information content (AvgIpc) is 3.12. The predicted octanol–water partition coefficient (Wildman–Crippen LogP) is 5.96. The molecule has 0 atom stereocenters. The van der Waals surface area contributed by atoms with Crippen LogP contribution in [0.25, 0.3) is 11.8 Å². The van der Waals surface area contributed by atoms with Crippen molar-refractivity contribution in [3.05, 3.63) is 87.6 Å². The Morgan fingerprint density at radius 2 is 1.71 bits per heavy atom. The lowest BCUT2D eigenvalue weighted by molar-refractivity contribution is -0.137. The van der Waals surface area contributed by atoms with E-state index in [4.69, 9.17) is 0 Å². The first-order valence-electron chi connectivity index (χ1n) is 10.4. The lowest BCUT2D eigenvalue weighted by Crippen LogP contribution is -2.13. The van der Waals surface area contributed by atoms with Crippen molar-refractivity contribution in [3.8, 4) is 11.8 Å². The Morgan fingerprint density at radius 3 is 2.29 bits per heavy atom. The fraction of sp³-hybridized carbons (Fsp3) is 0.200. The molecule has 1 heterocycles. The van der Waals surface area contributed by atoms with Gasteiger partial charge in [0.1, 0.15) is 11.0 Å². The molecule has 3 rings (SSSR count). The number of halogens is 3. The number of nitriles is 1. The molecule has 0 saturated carbocycles. The van der Waals surface area contributed by atoms with Crippen molar-refractivity contribution in [1.29, 1.82) is 5.26 Å². The summed E-state index contributed by atoms with van der Waals surface area (Å²) in [6.07, 6.45) is -3.57. The highest BCUT2D eigenvalue weighted by atomic mass is 32.2. The Balaban J connectivity index is 2.28. The van der Waals surface area contributed by atoms with Crippen LogP contribution in [0, 0.1) is 18.3 Å². The van der Waals surface area contributed by atoms with Gasteiger partial charge < -0.3 is 9.67 Å². The van der Waals surface area contributed by atoms with Crippen LogP contribution in [-0.4, -0.2) is 24.1 Å². The summed E-state index contributed by atoms with van der Waals surface area (Å²) in [4.78, 5) is 10.2. The van der Waals surface area contributed by atoms with E-state index >= 15 is 0 Å². The highest BCUT2D eigenvalue weighted by Crippen LogP contribution is 2.37. The van der Waals surface area contributed by atoms with E-state index in [0.717, 1.165) is 24.3 Å². The number of nitrogens with zero attached hydrogens (tertiary/aromatic N) is 2. The first kappa shape index (κ1) is 25.8. The quantitative estimate of drug-likeness (QED) is 0.419. The average molecular weight is 503 g/mol. The van der Waals surface area contributed by atoms with Crippen LogP contribution in [0.15, 0.2) is 64.4 Å². The monoisotopic (exact) mass is 502 g/mol. The van der Waals surface area contributed by atoms with Gasteiger partial charge in [-0.3, -0.25) is 0 Å². The molecule has 2 aromatic carbocycles. The molecule has 0 radical (unpaired) electrons. The molecular formula is C25H21F3N2O4S. The van der Waals surface area contributed by atoms with E-state index in [-0.39, 0.29) is 17.2 Å². The molecule has 1 N–H and O–H groups in total. The van der Waals surface area contributed by atoms with Crippen LogP contribution in [0.2, 0.25) is 0 Å². The van der Waals surface area contributed by atoms with Crippen molar-refractivity contribution in [2.24, 2.45) is 0 Å². The number of para-hydroxylation sites is 1. The van der Waals surface area contributed by atoms with Crippen molar-refractivity contribution in [2.75, 3.05) is 0 Å². The molecule has 0 unspecified atom stereocenters. The predicted molar refractivity (Wildman–Crippen MR) is 124 cm³/mol. The normalized spacial score (nSPS) is 12.6. The van der Waals surface area contributed by atoms with Crippen molar-refractivity contribution >= 4 is 21.9 Å². The van der Waals surface area contributed by atoms with Crippen LogP contribution in [0.4, 0.5) is 13.2 Å². The van der Waals surface area contributed by atoms with E-state index in [1.165, 1.54) is 47.9 Å². The molecular weight excluding hydrogens is 481 g/mol. The summed E-state index contributed by atoms with van der Waals surface area (Å²) in [6.45, 7) is 5.08. The molecule has 1 aromatic heterocycles. The van der Waals surface area contributed by atoms with Crippen LogP contribution in [0.5, 0.6) is 0 Å². The van der Waals surface area contributed by atoms with Gasteiger partial charge in [0.15, 0.2) is 0 Å². The van der Waals surface area contributed by atoms with Gasteiger partial charge >= 0.3 is 12.1 Å². The first-order chi connectivity index (χ1) is 16.3. The number of hydrogen-bond donors (Lipinski definition) is 1. The van der Waals surface area contributed by atoms with Crippen molar-refractivity contribution < 1.29 is 31.5 Å². The zero-order valence-electron chi connectivity index (χ0n) is 19.0. The summed E-state index contributed by atoms with van der Waals surface area (Å²) >= 11 is 0. The second kappa shape index (κ2) is 9.43. The molecule has 3 aromatic rings. The Morgan fingerprint density at radius 1 is 1.11 bits per heavy atom. The number of aromatic nitrogens is 1.